The van der Waals surface area contributed by atoms with Crippen molar-refractivity contribution in [1.82, 2.24) is 0 Å². The van der Waals surface area contributed by atoms with Gasteiger partial charge in [-0.05, 0) is 37.3 Å². The molecule has 0 spiro atoms. The predicted octanol–water partition coefficient (Wildman–Crippen LogP) is 3.74. The Morgan fingerprint density at radius 1 is 1.25 bits per heavy atom. The third-order valence-corrected chi connectivity index (χ3v) is 3.72. The number of halogens is 1. The third-order valence-electron chi connectivity index (χ3n) is 2.58. The van der Waals surface area contributed by atoms with Gasteiger partial charge in [-0.25, -0.2) is 9.18 Å². The number of nitrogens with two attached hydrogens (primary N) is 1. The zero-order valence-electron chi connectivity index (χ0n) is 10.9. The Labute approximate surface area is 120 Å². The highest BCUT2D eigenvalue weighted by atomic mass is 32.2. The van der Waals surface area contributed by atoms with E-state index >= 15 is 0 Å². The topological polar surface area (TPSA) is 52.3 Å². The zero-order chi connectivity index (χ0) is 14.5. The first-order chi connectivity index (χ1) is 9.61. The Balaban J connectivity index is 2.22. The van der Waals surface area contributed by atoms with E-state index in [1.165, 1.54) is 17.8 Å². The van der Waals surface area contributed by atoms with Crippen LogP contribution in [0, 0.1) is 5.82 Å². The first kappa shape index (κ1) is 14.4. The fourth-order valence-electron chi connectivity index (χ4n) is 1.63. The second kappa shape index (κ2) is 6.43. The summed E-state index contributed by atoms with van der Waals surface area (Å²) in [4.78, 5) is 12.8. The average Bonchev–Trinajstić information content (AvgIpc) is 2.43. The molecule has 104 valence electrons. The van der Waals surface area contributed by atoms with Crippen molar-refractivity contribution >= 4 is 23.4 Å². The Bertz CT molecular complexity index is 631. The van der Waals surface area contributed by atoms with Crippen molar-refractivity contribution < 1.29 is 13.9 Å². The Morgan fingerprint density at radius 2 is 2.00 bits per heavy atom. The third kappa shape index (κ3) is 3.30. The van der Waals surface area contributed by atoms with Crippen molar-refractivity contribution in [3.63, 3.8) is 0 Å². The van der Waals surface area contributed by atoms with Gasteiger partial charge in [-0.1, -0.05) is 23.9 Å². The quantitative estimate of drug-likeness (QED) is 0.688. The molecule has 0 aliphatic heterocycles. The summed E-state index contributed by atoms with van der Waals surface area (Å²) < 4.78 is 18.5. The fourth-order valence-corrected chi connectivity index (χ4v) is 2.49. The summed E-state index contributed by atoms with van der Waals surface area (Å²) in [5.41, 5.74) is 6.71. The molecule has 0 heterocycles. The largest absolute Gasteiger partial charge is 0.462 e. The highest BCUT2D eigenvalue weighted by Gasteiger charge is 2.11. The lowest BCUT2D eigenvalue weighted by atomic mass is 10.2. The van der Waals surface area contributed by atoms with E-state index in [0.717, 1.165) is 0 Å². The van der Waals surface area contributed by atoms with Crippen molar-refractivity contribution in [3.8, 4) is 0 Å². The SMILES string of the molecule is CCOC(=O)c1ccc(Sc2ccccc2F)c(N)c1. The number of hydrogen-bond acceptors (Lipinski definition) is 4. The van der Waals surface area contributed by atoms with E-state index in [1.807, 2.05) is 0 Å². The lowest BCUT2D eigenvalue weighted by Crippen LogP contribution is -2.05. The van der Waals surface area contributed by atoms with Gasteiger partial charge in [0.15, 0.2) is 0 Å². The molecule has 0 radical (unpaired) electrons. The number of ether oxygens (including phenoxy) is 1. The van der Waals surface area contributed by atoms with Crippen molar-refractivity contribution in [3.05, 3.63) is 53.8 Å². The van der Waals surface area contributed by atoms with Crippen LogP contribution in [0.2, 0.25) is 0 Å². The Hall–Kier alpha value is -2.01. The average molecular weight is 291 g/mol. The number of benzene rings is 2. The molecule has 0 aromatic heterocycles. The molecule has 20 heavy (non-hydrogen) atoms. The van der Waals surface area contributed by atoms with Gasteiger partial charge in [0.2, 0.25) is 0 Å². The summed E-state index contributed by atoms with van der Waals surface area (Å²) in [6.07, 6.45) is 0. The smallest absolute Gasteiger partial charge is 0.338 e. The molecular formula is C15H14FNO2S. The second-order valence-corrected chi connectivity index (χ2v) is 5.09. The van der Waals surface area contributed by atoms with E-state index in [1.54, 1.807) is 43.3 Å². The molecule has 0 amide bonds. The molecule has 5 heteroatoms. The minimum absolute atomic E-state index is 0.300. The van der Waals surface area contributed by atoms with Gasteiger partial charge in [-0.3, -0.25) is 0 Å². The summed E-state index contributed by atoms with van der Waals surface area (Å²) >= 11 is 1.22. The maximum atomic E-state index is 13.6. The van der Waals surface area contributed by atoms with Crippen LogP contribution < -0.4 is 5.73 Å². The van der Waals surface area contributed by atoms with Gasteiger partial charge < -0.3 is 10.5 Å². The molecule has 0 unspecified atom stereocenters. The summed E-state index contributed by atoms with van der Waals surface area (Å²) in [5, 5.41) is 0. The molecule has 0 saturated heterocycles. The minimum atomic E-state index is -0.415. The maximum Gasteiger partial charge on any atom is 0.338 e. The van der Waals surface area contributed by atoms with E-state index < -0.39 is 5.97 Å². The zero-order valence-corrected chi connectivity index (χ0v) is 11.7. The highest BCUT2D eigenvalue weighted by molar-refractivity contribution is 7.99. The number of nitrogen functional groups attached to an aromatic ring is 1. The molecule has 0 fully saturated rings. The van der Waals surface area contributed by atoms with Crippen LogP contribution in [0.25, 0.3) is 0 Å². The molecule has 0 atom stereocenters. The van der Waals surface area contributed by atoms with E-state index in [2.05, 4.69) is 0 Å². The van der Waals surface area contributed by atoms with Crippen molar-refractivity contribution in [2.75, 3.05) is 12.3 Å². The van der Waals surface area contributed by atoms with Crippen LogP contribution >= 0.6 is 11.8 Å². The molecule has 2 N–H and O–H groups in total. The molecule has 0 aliphatic rings. The van der Waals surface area contributed by atoms with Crippen LogP contribution in [0.3, 0.4) is 0 Å². The molecule has 0 saturated carbocycles. The highest BCUT2D eigenvalue weighted by Crippen LogP contribution is 2.34. The number of anilines is 1. The van der Waals surface area contributed by atoms with Crippen LogP contribution in [0.5, 0.6) is 0 Å². The van der Waals surface area contributed by atoms with Crippen LogP contribution in [-0.2, 0) is 4.74 Å². The summed E-state index contributed by atoms with van der Waals surface area (Å²) in [6, 6.07) is 11.3. The molecular weight excluding hydrogens is 277 g/mol. The number of carbonyl (C=O) groups excluding carboxylic acids is 1. The van der Waals surface area contributed by atoms with Gasteiger partial charge in [0.05, 0.1) is 12.2 Å². The first-order valence-electron chi connectivity index (χ1n) is 6.11. The number of hydrogen-bond donors (Lipinski definition) is 1. The molecule has 0 aliphatic carbocycles. The molecule has 3 nitrogen and oxygen atoms in total. The molecule has 0 bridgehead atoms. The van der Waals surface area contributed by atoms with Crippen LogP contribution in [0.4, 0.5) is 10.1 Å². The normalized spacial score (nSPS) is 10.3. The second-order valence-electron chi connectivity index (χ2n) is 4.01. The van der Waals surface area contributed by atoms with Gasteiger partial charge >= 0.3 is 5.97 Å². The lowest BCUT2D eigenvalue weighted by molar-refractivity contribution is 0.0526. The molecule has 2 aromatic carbocycles. The molecule has 2 aromatic rings. The molecule has 2 rings (SSSR count). The monoisotopic (exact) mass is 291 g/mol. The number of esters is 1. The summed E-state index contributed by atoms with van der Waals surface area (Å²) in [7, 11) is 0. The summed E-state index contributed by atoms with van der Waals surface area (Å²) in [6.45, 7) is 2.05. The van der Waals surface area contributed by atoms with E-state index in [0.29, 0.717) is 27.6 Å². The van der Waals surface area contributed by atoms with E-state index in [-0.39, 0.29) is 5.82 Å². The minimum Gasteiger partial charge on any atom is -0.462 e. The Morgan fingerprint density at radius 3 is 2.65 bits per heavy atom. The van der Waals surface area contributed by atoms with Crippen molar-refractivity contribution in [2.24, 2.45) is 0 Å². The van der Waals surface area contributed by atoms with Crippen molar-refractivity contribution in [2.45, 2.75) is 16.7 Å². The number of carbonyl (C=O) groups is 1. The van der Waals surface area contributed by atoms with Gasteiger partial charge in [-0.15, -0.1) is 0 Å². The fraction of sp³-hybridized carbons (Fsp3) is 0.133. The number of rotatable bonds is 4. The van der Waals surface area contributed by atoms with Crippen molar-refractivity contribution in [1.29, 1.82) is 0 Å². The maximum absolute atomic E-state index is 13.6. The lowest BCUT2D eigenvalue weighted by Gasteiger charge is -2.08. The van der Waals surface area contributed by atoms with Gasteiger partial charge in [0.1, 0.15) is 5.82 Å². The van der Waals surface area contributed by atoms with E-state index in [9.17, 15) is 9.18 Å². The Kier molecular flexibility index (Phi) is 4.63. The van der Waals surface area contributed by atoms with Gasteiger partial charge in [-0.2, -0.15) is 0 Å². The van der Waals surface area contributed by atoms with Gasteiger partial charge in [0.25, 0.3) is 0 Å². The standard InChI is InChI=1S/C15H14FNO2S/c1-2-19-15(18)10-7-8-14(12(17)9-10)20-13-6-4-3-5-11(13)16/h3-9H,2,17H2,1H3. The predicted molar refractivity (Wildman–Crippen MR) is 77.3 cm³/mol. The van der Waals surface area contributed by atoms with Crippen LogP contribution in [-0.4, -0.2) is 12.6 Å². The summed E-state index contributed by atoms with van der Waals surface area (Å²) in [5.74, 6) is -0.715. The van der Waals surface area contributed by atoms with Crippen LogP contribution in [0.1, 0.15) is 17.3 Å². The van der Waals surface area contributed by atoms with E-state index in [4.69, 9.17) is 10.5 Å². The van der Waals surface area contributed by atoms with Crippen LogP contribution in [0.15, 0.2) is 52.3 Å². The van der Waals surface area contributed by atoms with Gasteiger partial charge in [0, 0.05) is 15.5 Å². The first-order valence-corrected chi connectivity index (χ1v) is 6.92.